The predicted octanol–water partition coefficient (Wildman–Crippen LogP) is 2.29. The van der Waals surface area contributed by atoms with E-state index in [4.69, 9.17) is 5.21 Å². The van der Waals surface area contributed by atoms with E-state index in [9.17, 15) is 4.79 Å². The largest absolute Gasteiger partial charge is 0.411 e. The molecule has 1 aromatic heterocycles. The Balaban J connectivity index is 2.73. The molecule has 0 aliphatic heterocycles. The van der Waals surface area contributed by atoms with Gasteiger partial charge < -0.3 is 10.5 Å². The highest BCUT2D eigenvalue weighted by atomic mass is 32.1. The number of nitrogens with zero attached hydrogens (tertiary/aromatic N) is 1. The van der Waals surface area contributed by atoms with Crippen LogP contribution in [0.3, 0.4) is 0 Å². The molecule has 0 radical (unpaired) electrons. The molecule has 1 rings (SSSR count). The van der Waals surface area contributed by atoms with Crippen molar-refractivity contribution in [2.45, 2.75) is 20.3 Å². The lowest BCUT2D eigenvalue weighted by Crippen LogP contribution is -2.08. The highest BCUT2D eigenvalue weighted by Gasteiger charge is 2.04. The normalized spacial score (nSPS) is 11.4. The van der Waals surface area contributed by atoms with E-state index < -0.39 is 0 Å². The Hall–Kier alpha value is -1.36. The highest BCUT2D eigenvalue weighted by molar-refractivity contribution is 7.12. The number of hydrogen-bond donors (Lipinski definition) is 2. The lowest BCUT2D eigenvalue weighted by Gasteiger charge is -1.97. The Morgan fingerprint density at radius 3 is 3.00 bits per heavy atom. The van der Waals surface area contributed by atoms with Crippen molar-refractivity contribution in [3.8, 4) is 0 Å². The number of nitrogens with one attached hydrogen (secondary N) is 1. The monoisotopic (exact) mass is 212 g/mol. The highest BCUT2D eigenvalue weighted by Crippen LogP contribution is 2.20. The fourth-order valence-electron chi connectivity index (χ4n) is 0.890. The maximum atomic E-state index is 11.0. The van der Waals surface area contributed by atoms with Gasteiger partial charge in [-0.15, -0.1) is 11.3 Å². The summed E-state index contributed by atoms with van der Waals surface area (Å²) in [4.78, 5) is 11.9. The molecule has 0 unspecified atom stereocenters. The number of amides is 1. The van der Waals surface area contributed by atoms with Crippen LogP contribution in [0, 0.1) is 0 Å². The quantitative estimate of drug-likeness (QED) is 0.459. The first-order valence-corrected chi connectivity index (χ1v) is 5.12. The SMILES string of the molecule is CCC(=O)Nc1csc(/C(C)=N\O)c1. The number of oxime groups is 1. The van der Waals surface area contributed by atoms with E-state index in [1.165, 1.54) is 11.3 Å². The summed E-state index contributed by atoms with van der Waals surface area (Å²) in [6.45, 7) is 3.50. The van der Waals surface area contributed by atoms with Crippen LogP contribution in [0.2, 0.25) is 0 Å². The first kappa shape index (κ1) is 10.7. The van der Waals surface area contributed by atoms with Crippen molar-refractivity contribution >= 4 is 28.6 Å². The van der Waals surface area contributed by atoms with Crippen molar-refractivity contribution in [2.75, 3.05) is 5.32 Å². The average Bonchev–Trinajstić information content (AvgIpc) is 2.65. The summed E-state index contributed by atoms with van der Waals surface area (Å²) < 4.78 is 0. The topological polar surface area (TPSA) is 61.7 Å². The van der Waals surface area contributed by atoms with Crippen LogP contribution in [0.5, 0.6) is 0 Å². The van der Waals surface area contributed by atoms with E-state index in [1.807, 2.05) is 5.38 Å². The third kappa shape index (κ3) is 2.56. The van der Waals surface area contributed by atoms with Gasteiger partial charge in [-0.05, 0) is 13.0 Å². The van der Waals surface area contributed by atoms with Crippen molar-refractivity contribution in [3.63, 3.8) is 0 Å². The van der Waals surface area contributed by atoms with E-state index >= 15 is 0 Å². The average molecular weight is 212 g/mol. The molecule has 0 aliphatic rings. The zero-order valence-corrected chi connectivity index (χ0v) is 8.89. The van der Waals surface area contributed by atoms with Crippen LogP contribution in [0.15, 0.2) is 16.6 Å². The Labute approximate surface area is 86.3 Å². The van der Waals surface area contributed by atoms with Gasteiger partial charge >= 0.3 is 0 Å². The van der Waals surface area contributed by atoms with Crippen LogP contribution >= 0.6 is 11.3 Å². The van der Waals surface area contributed by atoms with Crippen molar-refractivity contribution < 1.29 is 10.0 Å². The minimum absolute atomic E-state index is 0.0204. The molecule has 1 aromatic rings. The summed E-state index contributed by atoms with van der Waals surface area (Å²) in [6.07, 6.45) is 0.457. The van der Waals surface area contributed by atoms with Crippen LogP contribution in [0.1, 0.15) is 25.1 Å². The molecule has 0 atom stereocenters. The van der Waals surface area contributed by atoms with Gasteiger partial charge in [-0.3, -0.25) is 4.79 Å². The number of rotatable bonds is 3. The molecule has 0 bridgehead atoms. The second-order valence-corrected chi connectivity index (χ2v) is 3.70. The molecule has 0 aromatic carbocycles. The van der Waals surface area contributed by atoms with Gasteiger partial charge in [0, 0.05) is 11.8 Å². The lowest BCUT2D eigenvalue weighted by atomic mass is 10.3. The van der Waals surface area contributed by atoms with E-state index in [0.717, 1.165) is 10.6 Å². The zero-order chi connectivity index (χ0) is 10.6. The van der Waals surface area contributed by atoms with E-state index in [-0.39, 0.29) is 5.91 Å². The summed E-state index contributed by atoms with van der Waals surface area (Å²) >= 11 is 1.43. The predicted molar refractivity (Wildman–Crippen MR) is 57.2 cm³/mol. The lowest BCUT2D eigenvalue weighted by molar-refractivity contribution is -0.115. The number of hydrogen-bond acceptors (Lipinski definition) is 4. The summed E-state index contributed by atoms with van der Waals surface area (Å²) in [7, 11) is 0. The van der Waals surface area contributed by atoms with Crippen molar-refractivity contribution in [3.05, 3.63) is 16.3 Å². The minimum atomic E-state index is -0.0204. The van der Waals surface area contributed by atoms with Crippen molar-refractivity contribution in [1.29, 1.82) is 0 Å². The van der Waals surface area contributed by atoms with Gasteiger partial charge in [0.25, 0.3) is 0 Å². The van der Waals surface area contributed by atoms with Crippen LogP contribution in [-0.4, -0.2) is 16.8 Å². The molecule has 1 heterocycles. The van der Waals surface area contributed by atoms with E-state index in [1.54, 1.807) is 19.9 Å². The Kier molecular flexibility index (Phi) is 3.64. The molecule has 5 heteroatoms. The maximum absolute atomic E-state index is 11.0. The summed E-state index contributed by atoms with van der Waals surface area (Å²) in [6, 6.07) is 1.78. The minimum Gasteiger partial charge on any atom is -0.411 e. The standard InChI is InChI=1S/C9H12N2O2S/c1-3-9(12)10-7-4-8(14-5-7)6(2)11-13/h4-5,13H,3H2,1-2H3,(H,10,12)/b11-6-. The molecule has 2 N–H and O–H groups in total. The summed E-state index contributed by atoms with van der Waals surface area (Å²) in [5.74, 6) is -0.0204. The van der Waals surface area contributed by atoms with Crippen molar-refractivity contribution in [2.24, 2.45) is 5.16 Å². The van der Waals surface area contributed by atoms with Gasteiger partial charge in [-0.1, -0.05) is 12.1 Å². The van der Waals surface area contributed by atoms with Crippen LogP contribution in [0.4, 0.5) is 5.69 Å². The van der Waals surface area contributed by atoms with Gasteiger partial charge in [0.05, 0.1) is 16.3 Å². The molecule has 4 nitrogen and oxygen atoms in total. The molecule has 0 saturated carbocycles. The van der Waals surface area contributed by atoms with E-state index in [0.29, 0.717) is 12.1 Å². The van der Waals surface area contributed by atoms with Crippen molar-refractivity contribution in [1.82, 2.24) is 0 Å². The molecule has 1 amide bonds. The van der Waals surface area contributed by atoms with Gasteiger partial charge in [0.1, 0.15) is 0 Å². The van der Waals surface area contributed by atoms with Gasteiger partial charge in [-0.25, -0.2) is 0 Å². The van der Waals surface area contributed by atoms with Crippen LogP contribution in [0.25, 0.3) is 0 Å². The molecular formula is C9H12N2O2S. The van der Waals surface area contributed by atoms with Gasteiger partial charge in [0.15, 0.2) is 0 Å². The van der Waals surface area contributed by atoms with Crippen LogP contribution in [-0.2, 0) is 4.79 Å². The number of carbonyl (C=O) groups is 1. The van der Waals surface area contributed by atoms with E-state index in [2.05, 4.69) is 10.5 Å². The third-order valence-corrected chi connectivity index (χ3v) is 2.75. The number of carbonyl (C=O) groups excluding carboxylic acids is 1. The molecule has 0 aliphatic carbocycles. The van der Waals surface area contributed by atoms with Crippen LogP contribution < -0.4 is 5.32 Å². The molecule has 0 fully saturated rings. The molecule has 76 valence electrons. The second-order valence-electron chi connectivity index (χ2n) is 2.79. The zero-order valence-electron chi connectivity index (χ0n) is 8.07. The summed E-state index contributed by atoms with van der Waals surface area (Å²) in [5.41, 5.74) is 1.30. The molecule has 14 heavy (non-hydrogen) atoms. The number of anilines is 1. The number of thiophene rings is 1. The first-order chi connectivity index (χ1) is 6.67. The van der Waals surface area contributed by atoms with Gasteiger partial charge in [0.2, 0.25) is 5.91 Å². The Morgan fingerprint density at radius 1 is 1.71 bits per heavy atom. The Morgan fingerprint density at radius 2 is 2.43 bits per heavy atom. The smallest absolute Gasteiger partial charge is 0.224 e. The summed E-state index contributed by atoms with van der Waals surface area (Å²) in [5, 5.41) is 16.2. The molecule has 0 saturated heterocycles. The maximum Gasteiger partial charge on any atom is 0.224 e. The fourth-order valence-corrected chi connectivity index (χ4v) is 1.68. The first-order valence-electron chi connectivity index (χ1n) is 4.24. The second kappa shape index (κ2) is 4.76. The molecular weight excluding hydrogens is 200 g/mol. The molecule has 0 spiro atoms. The Bertz CT molecular complexity index is 357. The van der Waals surface area contributed by atoms with Gasteiger partial charge in [-0.2, -0.15) is 0 Å². The third-order valence-electron chi connectivity index (χ3n) is 1.71. The fraction of sp³-hybridized carbons (Fsp3) is 0.333.